The summed E-state index contributed by atoms with van der Waals surface area (Å²) < 4.78 is 11.7. The average molecular weight is 140 g/mol. The Hall–Kier alpha value is -1.05. The molecular weight excluding hydrogens is 131 g/mol. The van der Waals surface area contributed by atoms with Crippen LogP contribution < -0.4 is 4.94 Å². The molecule has 1 aromatic rings. The van der Waals surface area contributed by atoms with Crippen LogP contribution in [0.3, 0.4) is 0 Å². The molecule has 0 aliphatic rings. The average Bonchev–Trinajstić information content (AvgIpc) is 1.88. The summed E-state index contributed by atoms with van der Waals surface area (Å²) in [6.07, 6.45) is 0. The van der Waals surface area contributed by atoms with Gasteiger partial charge in [0.05, 0.1) is 0 Å². The van der Waals surface area contributed by atoms with E-state index in [9.17, 15) is 4.53 Å². The Morgan fingerprint density at radius 2 is 1.70 bits per heavy atom. The summed E-state index contributed by atoms with van der Waals surface area (Å²) >= 11 is 0. The third-order valence-corrected chi connectivity index (χ3v) is 1.49. The van der Waals surface area contributed by atoms with Gasteiger partial charge in [-0.2, -0.15) is 0 Å². The maximum absolute atomic E-state index is 11.7. The normalized spacial score (nSPS) is 9.50. The Bertz CT molecular complexity index is 212. The maximum atomic E-state index is 11.7. The van der Waals surface area contributed by atoms with Crippen LogP contribution in [0.5, 0.6) is 5.75 Å². The van der Waals surface area contributed by atoms with Crippen LogP contribution in [-0.4, -0.2) is 0 Å². The minimum atomic E-state index is 0.336. The minimum absolute atomic E-state index is 0.336. The Morgan fingerprint density at radius 1 is 1.20 bits per heavy atom. The fourth-order valence-corrected chi connectivity index (χ4v) is 0.921. The van der Waals surface area contributed by atoms with Crippen LogP contribution >= 0.6 is 0 Å². The van der Waals surface area contributed by atoms with Gasteiger partial charge in [-0.1, -0.05) is 18.2 Å². The van der Waals surface area contributed by atoms with Crippen LogP contribution in [0.2, 0.25) is 0 Å². The molecule has 10 heavy (non-hydrogen) atoms. The molecule has 1 nitrogen and oxygen atoms in total. The van der Waals surface area contributed by atoms with Gasteiger partial charge in [-0.3, -0.25) is 4.94 Å². The van der Waals surface area contributed by atoms with Gasteiger partial charge in [0.25, 0.3) is 0 Å². The predicted molar refractivity (Wildman–Crippen MR) is 37.7 cm³/mol. The minimum Gasteiger partial charge on any atom is -0.294 e. The predicted octanol–water partition coefficient (Wildman–Crippen LogP) is 2.57. The summed E-state index contributed by atoms with van der Waals surface area (Å²) in [5.41, 5.74) is 1.64. The van der Waals surface area contributed by atoms with Gasteiger partial charge in [0.15, 0.2) is 5.75 Å². The quantitative estimate of drug-likeness (QED) is 0.582. The van der Waals surface area contributed by atoms with Crippen LogP contribution in [0.15, 0.2) is 18.2 Å². The number of aryl methyl sites for hydroxylation is 2. The maximum Gasteiger partial charge on any atom is 0.177 e. The highest BCUT2D eigenvalue weighted by Crippen LogP contribution is 2.21. The van der Waals surface area contributed by atoms with Gasteiger partial charge in [0, 0.05) is 4.53 Å². The second kappa shape index (κ2) is 2.69. The summed E-state index contributed by atoms with van der Waals surface area (Å²) in [5.74, 6) is 0.336. The van der Waals surface area contributed by atoms with Crippen molar-refractivity contribution in [2.45, 2.75) is 13.8 Å². The molecule has 0 aromatic heterocycles. The Balaban J connectivity index is 3.17. The Kier molecular flexibility index (Phi) is 1.90. The topological polar surface area (TPSA) is 9.23 Å². The third-order valence-electron chi connectivity index (χ3n) is 1.49. The fraction of sp³-hybridized carbons (Fsp3) is 0.250. The molecule has 1 rings (SSSR count). The first-order valence-corrected chi connectivity index (χ1v) is 3.10. The Morgan fingerprint density at radius 3 is 2.00 bits per heavy atom. The molecule has 0 saturated carbocycles. The molecule has 0 heterocycles. The molecule has 0 atom stereocenters. The highest BCUT2D eigenvalue weighted by molar-refractivity contribution is 5.39. The molecule has 2 heteroatoms. The zero-order valence-corrected chi connectivity index (χ0v) is 6.02. The van der Waals surface area contributed by atoms with E-state index in [1.165, 1.54) is 0 Å². The molecule has 0 spiro atoms. The van der Waals surface area contributed by atoms with Crippen LogP contribution in [0.1, 0.15) is 11.1 Å². The summed E-state index contributed by atoms with van der Waals surface area (Å²) in [6.45, 7) is 3.61. The van der Waals surface area contributed by atoms with Crippen molar-refractivity contribution in [3.63, 3.8) is 0 Å². The highest BCUT2D eigenvalue weighted by atomic mass is 19.3. The van der Waals surface area contributed by atoms with Gasteiger partial charge < -0.3 is 0 Å². The van der Waals surface area contributed by atoms with E-state index in [0.29, 0.717) is 5.75 Å². The molecular formula is C8H9FO. The van der Waals surface area contributed by atoms with E-state index in [1.54, 1.807) is 0 Å². The number of hydrogen-bond acceptors (Lipinski definition) is 1. The van der Waals surface area contributed by atoms with Crippen molar-refractivity contribution in [2.24, 2.45) is 0 Å². The van der Waals surface area contributed by atoms with Gasteiger partial charge in [-0.05, 0) is 25.0 Å². The van der Waals surface area contributed by atoms with Crippen molar-refractivity contribution in [1.29, 1.82) is 0 Å². The first-order chi connectivity index (χ1) is 4.75. The number of benzene rings is 1. The Labute approximate surface area is 59.3 Å². The lowest BCUT2D eigenvalue weighted by atomic mass is 10.1. The molecule has 0 aliphatic heterocycles. The molecule has 1 aromatic carbocycles. The van der Waals surface area contributed by atoms with Gasteiger partial charge in [0.1, 0.15) is 0 Å². The van der Waals surface area contributed by atoms with Gasteiger partial charge in [0.2, 0.25) is 0 Å². The zero-order chi connectivity index (χ0) is 7.56. The summed E-state index contributed by atoms with van der Waals surface area (Å²) in [5, 5.41) is 0. The van der Waals surface area contributed by atoms with Gasteiger partial charge in [-0.15, -0.1) is 0 Å². The van der Waals surface area contributed by atoms with E-state index in [1.807, 2.05) is 32.0 Å². The number of hydrogen-bond donors (Lipinski definition) is 0. The molecule has 0 bridgehead atoms. The third kappa shape index (κ3) is 1.10. The first-order valence-electron chi connectivity index (χ1n) is 3.10. The summed E-state index contributed by atoms with van der Waals surface area (Å²) in [4.78, 5) is 3.68. The monoisotopic (exact) mass is 140 g/mol. The lowest BCUT2D eigenvalue weighted by Gasteiger charge is -2.01. The lowest BCUT2D eigenvalue weighted by molar-refractivity contribution is -0.00781. The van der Waals surface area contributed by atoms with Crippen LogP contribution in [0, 0.1) is 13.8 Å². The zero-order valence-electron chi connectivity index (χ0n) is 6.02. The van der Waals surface area contributed by atoms with Crippen molar-refractivity contribution in [1.82, 2.24) is 0 Å². The van der Waals surface area contributed by atoms with E-state index in [0.717, 1.165) is 11.1 Å². The van der Waals surface area contributed by atoms with E-state index < -0.39 is 0 Å². The molecule has 0 N–H and O–H groups in total. The second-order valence-electron chi connectivity index (χ2n) is 2.30. The number of rotatable bonds is 1. The van der Waals surface area contributed by atoms with E-state index in [2.05, 4.69) is 4.94 Å². The SMILES string of the molecule is Cc1cccc(C)c1OF. The highest BCUT2D eigenvalue weighted by Gasteiger charge is 2.01. The molecule has 0 aliphatic carbocycles. The molecule has 0 radical (unpaired) electrons. The first kappa shape index (κ1) is 7.06. The molecule has 54 valence electrons. The molecule has 0 unspecified atom stereocenters. The van der Waals surface area contributed by atoms with Crippen LogP contribution in [0.25, 0.3) is 0 Å². The summed E-state index contributed by atoms with van der Waals surface area (Å²) in [7, 11) is 0. The van der Waals surface area contributed by atoms with Crippen molar-refractivity contribution in [2.75, 3.05) is 0 Å². The molecule has 0 amide bonds. The van der Waals surface area contributed by atoms with Gasteiger partial charge >= 0.3 is 0 Å². The fourth-order valence-electron chi connectivity index (χ4n) is 0.921. The van der Waals surface area contributed by atoms with Crippen molar-refractivity contribution in [3.05, 3.63) is 29.3 Å². The van der Waals surface area contributed by atoms with E-state index in [4.69, 9.17) is 0 Å². The number of halogens is 1. The summed E-state index contributed by atoms with van der Waals surface area (Å²) in [6, 6.07) is 5.48. The van der Waals surface area contributed by atoms with Crippen molar-refractivity contribution >= 4 is 0 Å². The van der Waals surface area contributed by atoms with Crippen LogP contribution in [-0.2, 0) is 0 Å². The van der Waals surface area contributed by atoms with Crippen LogP contribution in [0.4, 0.5) is 4.53 Å². The second-order valence-corrected chi connectivity index (χ2v) is 2.30. The van der Waals surface area contributed by atoms with E-state index in [-0.39, 0.29) is 0 Å². The molecule has 0 saturated heterocycles. The van der Waals surface area contributed by atoms with Gasteiger partial charge in [-0.25, -0.2) is 0 Å². The largest absolute Gasteiger partial charge is 0.294 e. The van der Waals surface area contributed by atoms with Crippen molar-refractivity contribution < 1.29 is 9.47 Å². The van der Waals surface area contributed by atoms with E-state index >= 15 is 0 Å². The number of para-hydroxylation sites is 1. The standard InChI is InChI=1S/C8H9FO/c1-6-4-3-5-7(2)8(6)10-9/h3-5H,1-2H3. The molecule has 0 fully saturated rings. The smallest absolute Gasteiger partial charge is 0.177 e. The van der Waals surface area contributed by atoms with Crippen molar-refractivity contribution in [3.8, 4) is 5.75 Å². The lowest BCUT2D eigenvalue weighted by Crippen LogP contribution is -1.85.